The number of thiazole rings is 1. The summed E-state index contributed by atoms with van der Waals surface area (Å²) in [5.74, 6) is -0.284. The van der Waals surface area contributed by atoms with Gasteiger partial charge in [-0.1, -0.05) is 60.2 Å². The fourth-order valence-corrected chi connectivity index (χ4v) is 5.99. The van der Waals surface area contributed by atoms with Crippen LogP contribution in [0.4, 0.5) is 10.8 Å². The summed E-state index contributed by atoms with van der Waals surface area (Å²) in [6.45, 7) is 3.78. The number of aryl methyl sites for hydroxylation is 1. The van der Waals surface area contributed by atoms with E-state index in [-0.39, 0.29) is 17.5 Å². The van der Waals surface area contributed by atoms with E-state index in [9.17, 15) is 14.4 Å². The maximum absolute atomic E-state index is 13.4. The van der Waals surface area contributed by atoms with Crippen LogP contribution >= 0.6 is 23.1 Å². The average molecular weight is 649 g/mol. The zero-order chi connectivity index (χ0) is 32.5. The first kappa shape index (κ1) is 32.2. The molecular weight excluding hydrogens is 617 g/mol. The number of ether oxygens (including phenoxy) is 1. The van der Waals surface area contributed by atoms with Gasteiger partial charge in [0.1, 0.15) is 11.4 Å². The van der Waals surface area contributed by atoms with E-state index in [0.29, 0.717) is 16.4 Å². The number of rotatable bonds is 11. The summed E-state index contributed by atoms with van der Waals surface area (Å²) >= 11 is 2.75. The molecule has 1 aromatic heterocycles. The third kappa shape index (κ3) is 8.71. The molecule has 1 atom stereocenters. The Labute approximate surface area is 275 Å². The van der Waals surface area contributed by atoms with Gasteiger partial charge in [-0.2, -0.15) is 0 Å². The maximum atomic E-state index is 13.4. The van der Waals surface area contributed by atoms with Gasteiger partial charge in [-0.3, -0.25) is 14.4 Å². The Morgan fingerprint density at radius 1 is 0.891 bits per heavy atom. The molecule has 0 radical (unpaired) electrons. The van der Waals surface area contributed by atoms with Crippen molar-refractivity contribution in [1.29, 1.82) is 0 Å². The predicted molar refractivity (Wildman–Crippen MR) is 186 cm³/mol. The standard InChI is InChI=1S/C36H32N4O4S2/c1-23-9-7-10-25(19-23)20-31(38-34(42)26-11-5-4-6-12-26)35(43)37-28-15-17-30(18-16-28)46-24(2)33(41)40-36-39-32(22-45-36)27-13-8-14-29(21-27)44-3/h4-22,24H,1-3H3,(H,37,43)(H,38,42)(H,39,40,41)/b31-20-. The number of thioether (sulfide) groups is 1. The van der Waals surface area contributed by atoms with E-state index in [1.807, 2.05) is 86.0 Å². The highest BCUT2D eigenvalue weighted by molar-refractivity contribution is 8.00. The molecule has 10 heteroatoms. The number of nitrogens with zero attached hydrogens (tertiary/aromatic N) is 1. The molecular formula is C36H32N4O4S2. The quantitative estimate of drug-likeness (QED) is 0.100. The zero-order valence-electron chi connectivity index (χ0n) is 25.4. The van der Waals surface area contributed by atoms with Crippen molar-refractivity contribution >= 4 is 57.7 Å². The van der Waals surface area contributed by atoms with Crippen LogP contribution in [0.5, 0.6) is 5.75 Å². The van der Waals surface area contributed by atoms with Crippen LogP contribution in [-0.2, 0) is 9.59 Å². The van der Waals surface area contributed by atoms with Crippen molar-refractivity contribution in [2.45, 2.75) is 24.0 Å². The van der Waals surface area contributed by atoms with Crippen molar-refractivity contribution in [2.75, 3.05) is 17.7 Å². The Kier molecular flexibility index (Phi) is 10.6. The van der Waals surface area contributed by atoms with Gasteiger partial charge in [-0.15, -0.1) is 23.1 Å². The summed E-state index contributed by atoms with van der Waals surface area (Å²) in [5.41, 5.74) is 4.58. The molecule has 0 bridgehead atoms. The highest BCUT2D eigenvalue weighted by Crippen LogP contribution is 2.29. The zero-order valence-corrected chi connectivity index (χ0v) is 27.1. The topological polar surface area (TPSA) is 109 Å². The Bertz CT molecular complexity index is 1870. The van der Waals surface area contributed by atoms with Crippen LogP contribution in [0.3, 0.4) is 0 Å². The molecule has 1 heterocycles. The molecule has 4 aromatic carbocycles. The van der Waals surface area contributed by atoms with Crippen molar-refractivity contribution in [2.24, 2.45) is 0 Å². The van der Waals surface area contributed by atoms with Crippen molar-refractivity contribution < 1.29 is 19.1 Å². The van der Waals surface area contributed by atoms with Crippen LogP contribution in [0.2, 0.25) is 0 Å². The molecule has 1 unspecified atom stereocenters. The second-order valence-electron chi connectivity index (χ2n) is 10.3. The smallest absolute Gasteiger partial charge is 0.272 e. The Morgan fingerprint density at radius 3 is 2.39 bits per heavy atom. The number of aromatic nitrogens is 1. The summed E-state index contributed by atoms with van der Waals surface area (Å²) < 4.78 is 5.29. The lowest BCUT2D eigenvalue weighted by Crippen LogP contribution is -2.30. The van der Waals surface area contributed by atoms with Gasteiger partial charge < -0.3 is 20.7 Å². The van der Waals surface area contributed by atoms with Crippen LogP contribution in [-0.4, -0.2) is 35.1 Å². The number of benzene rings is 4. The molecule has 0 fully saturated rings. The number of nitrogens with one attached hydrogen (secondary N) is 3. The van der Waals surface area contributed by atoms with Gasteiger partial charge in [0, 0.05) is 27.1 Å². The predicted octanol–water partition coefficient (Wildman–Crippen LogP) is 7.66. The Morgan fingerprint density at radius 2 is 1.65 bits per heavy atom. The third-order valence-electron chi connectivity index (χ3n) is 6.78. The van der Waals surface area contributed by atoms with E-state index in [1.54, 1.807) is 49.6 Å². The van der Waals surface area contributed by atoms with E-state index in [1.165, 1.54) is 23.1 Å². The summed E-state index contributed by atoms with van der Waals surface area (Å²) in [6.07, 6.45) is 1.65. The van der Waals surface area contributed by atoms with E-state index in [4.69, 9.17) is 4.74 Å². The summed E-state index contributed by atoms with van der Waals surface area (Å²) in [6, 6.07) is 31.2. The fraction of sp³-hybridized carbons (Fsp3) is 0.111. The van der Waals surface area contributed by atoms with Gasteiger partial charge in [-0.05, 0) is 74.0 Å². The number of hydrogen-bond acceptors (Lipinski definition) is 7. The van der Waals surface area contributed by atoms with Crippen LogP contribution < -0.4 is 20.7 Å². The molecule has 5 rings (SSSR count). The first-order valence-electron chi connectivity index (χ1n) is 14.4. The van der Waals surface area contributed by atoms with Crippen molar-refractivity contribution in [3.8, 4) is 17.0 Å². The number of carbonyl (C=O) groups is 3. The van der Waals surface area contributed by atoms with Gasteiger partial charge in [0.05, 0.1) is 18.1 Å². The van der Waals surface area contributed by atoms with Gasteiger partial charge >= 0.3 is 0 Å². The summed E-state index contributed by atoms with van der Waals surface area (Å²) in [4.78, 5) is 44.6. The molecule has 5 aromatic rings. The van der Waals surface area contributed by atoms with Crippen LogP contribution in [0.15, 0.2) is 119 Å². The van der Waals surface area contributed by atoms with Crippen molar-refractivity contribution in [3.05, 3.63) is 131 Å². The summed E-state index contributed by atoms with van der Waals surface area (Å²) in [7, 11) is 1.62. The molecule has 0 saturated carbocycles. The number of carbonyl (C=O) groups excluding carboxylic acids is 3. The molecule has 0 aliphatic carbocycles. The molecule has 46 heavy (non-hydrogen) atoms. The van der Waals surface area contributed by atoms with E-state index in [2.05, 4.69) is 20.9 Å². The first-order valence-corrected chi connectivity index (χ1v) is 16.2. The van der Waals surface area contributed by atoms with Gasteiger partial charge in [0.25, 0.3) is 11.8 Å². The molecule has 3 amide bonds. The normalized spacial score (nSPS) is 11.8. The lowest BCUT2D eigenvalue weighted by molar-refractivity contribution is -0.115. The fourth-order valence-electron chi connectivity index (χ4n) is 4.40. The van der Waals surface area contributed by atoms with Crippen LogP contribution in [0.1, 0.15) is 28.4 Å². The minimum absolute atomic E-state index is 0.111. The van der Waals surface area contributed by atoms with Crippen LogP contribution in [0, 0.1) is 6.92 Å². The molecule has 8 nitrogen and oxygen atoms in total. The lowest BCUT2D eigenvalue weighted by atomic mass is 10.1. The molecule has 232 valence electrons. The Hall–Kier alpha value is -5.19. The first-order chi connectivity index (χ1) is 22.3. The molecule has 0 saturated heterocycles. The van der Waals surface area contributed by atoms with Crippen molar-refractivity contribution in [1.82, 2.24) is 10.3 Å². The lowest BCUT2D eigenvalue weighted by Gasteiger charge is -2.13. The monoisotopic (exact) mass is 648 g/mol. The SMILES string of the molecule is COc1cccc(-c2csc(NC(=O)C(C)Sc3ccc(NC(=O)/C(=C/c4cccc(C)c4)NC(=O)c4ccccc4)cc3)n2)c1. The van der Waals surface area contributed by atoms with Crippen LogP contribution in [0.25, 0.3) is 17.3 Å². The minimum Gasteiger partial charge on any atom is -0.497 e. The number of amides is 3. The largest absolute Gasteiger partial charge is 0.497 e. The van der Waals surface area contributed by atoms with E-state index in [0.717, 1.165) is 33.0 Å². The molecule has 3 N–H and O–H groups in total. The molecule has 0 aliphatic rings. The number of methoxy groups -OCH3 is 1. The van der Waals surface area contributed by atoms with Gasteiger partial charge in [0.15, 0.2) is 5.13 Å². The molecule has 0 spiro atoms. The number of hydrogen-bond donors (Lipinski definition) is 3. The number of anilines is 2. The van der Waals surface area contributed by atoms with Gasteiger partial charge in [-0.25, -0.2) is 4.98 Å². The van der Waals surface area contributed by atoms with Gasteiger partial charge in [0.2, 0.25) is 5.91 Å². The second kappa shape index (κ2) is 15.2. The minimum atomic E-state index is -0.462. The average Bonchev–Trinajstić information content (AvgIpc) is 3.54. The van der Waals surface area contributed by atoms with E-state index < -0.39 is 11.2 Å². The van der Waals surface area contributed by atoms with Crippen molar-refractivity contribution in [3.63, 3.8) is 0 Å². The van der Waals surface area contributed by atoms with E-state index >= 15 is 0 Å². The summed E-state index contributed by atoms with van der Waals surface area (Å²) in [5, 5.41) is 10.5. The Balaban J connectivity index is 1.21. The highest BCUT2D eigenvalue weighted by atomic mass is 32.2. The molecule has 0 aliphatic heterocycles. The third-order valence-corrected chi connectivity index (χ3v) is 8.65. The maximum Gasteiger partial charge on any atom is 0.272 e. The second-order valence-corrected chi connectivity index (χ2v) is 12.6. The highest BCUT2D eigenvalue weighted by Gasteiger charge is 2.18.